The molecule has 0 radical (unpaired) electrons. The van der Waals surface area contributed by atoms with Crippen molar-refractivity contribution < 1.29 is 4.79 Å². The lowest BCUT2D eigenvalue weighted by Gasteiger charge is -2.28. The standard InChI is InChI=1S/C19H24N4O/c1-14-21-17-10-6-5-9-16(17)19(22-14)23(12-11-18(20)24)13-15-7-3-2-4-8-15/h2-4,7-8H,5-6,9-13H2,1H3,(H2,20,24). The molecule has 1 aliphatic carbocycles. The molecule has 5 nitrogen and oxygen atoms in total. The molecule has 0 saturated carbocycles. The number of benzene rings is 1. The average Bonchev–Trinajstić information content (AvgIpc) is 2.58. The second kappa shape index (κ2) is 7.43. The van der Waals surface area contributed by atoms with Gasteiger partial charge in [0.15, 0.2) is 0 Å². The fraction of sp³-hybridized carbons (Fsp3) is 0.421. The van der Waals surface area contributed by atoms with Crippen LogP contribution in [0.3, 0.4) is 0 Å². The van der Waals surface area contributed by atoms with Gasteiger partial charge in [0.25, 0.3) is 0 Å². The third kappa shape index (κ3) is 3.91. The number of anilines is 1. The lowest BCUT2D eigenvalue weighted by atomic mass is 9.96. The van der Waals surface area contributed by atoms with Crippen molar-refractivity contribution in [2.24, 2.45) is 5.73 Å². The quantitative estimate of drug-likeness (QED) is 0.886. The maximum atomic E-state index is 11.3. The maximum absolute atomic E-state index is 11.3. The van der Waals surface area contributed by atoms with E-state index in [1.807, 2.05) is 25.1 Å². The zero-order valence-electron chi connectivity index (χ0n) is 14.2. The van der Waals surface area contributed by atoms with Crippen LogP contribution in [0.25, 0.3) is 0 Å². The van der Waals surface area contributed by atoms with Crippen molar-refractivity contribution in [2.75, 3.05) is 11.4 Å². The van der Waals surface area contributed by atoms with Gasteiger partial charge in [-0.15, -0.1) is 0 Å². The lowest BCUT2D eigenvalue weighted by Crippen LogP contribution is -2.30. The molecule has 0 atom stereocenters. The summed E-state index contributed by atoms with van der Waals surface area (Å²) in [6.45, 7) is 3.23. The smallest absolute Gasteiger partial charge is 0.219 e. The highest BCUT2D eigenvalue weighted by atomic mass is 16.1. The van der Waals surface area contributed by atoms with Crippen LogP contribution in [-0.2, 0) is 24.2 Å². The zero-order valence-corrected chi connectivity index (χ0v) is 14.2. The van der Waals surface area contributed by atoms with Gasteiger partial charge in [-0.05, 0) is 38.2 Å². The summed E-state index contributed by atoms with van der Waals surface area (Å²) in [7, 11) is 0. The molecule has 2 N–H and O–H groups in total. The molecule has 0 unspecified atom stereocenters. The Morgan fingerprint density at radius 3 is 2.67 bits per heavy atom. The number of aryl methyl sites for hydroxylation is 2. The Kier molecular flexibility index (Phi) is 5.08. The van der Waals surface area contributed by atoms with Gasteiger partial charge in [-0.1, -0.05) is 30.3 Å². The minimum Gasteiger partial charge on any atom is -0.370 e. The van der Waals surface area contributed by atoms with Gasteiger partial charge in [-0.2, -0.15) is 0 Å². The van der Waals surface area contributed by atoms with Crippen molar-refractivity contribution in [2.45, 2.75) is 45.6 Å². The van der Waals surface area contributed by atoms with E-state index in [2.05, 4.69) is 22.0 Å². The molecule has 1 aliphatic rings. The van der Waals surface area contributed by atoms with Crippen molar-refractivity contribution in [1.82, 2.24) is 9.97 Å². The Balaban J connectivity index is 1.95. The van der Waals surface area contributed by atoms with Gasteiger partial charge in [0.2, 0.25) is 5.91 Å². The summed E-state index contributed by atoms with van der Waals surface area (Å²) < 4.78 is 0. The number of carbonyl (C=O) groups is 1. The monoisotopic (exact) mass is 324 g/mol. The molecule has 24 heavy (non-hydrogen) atoms. The molecule has 0 spiro atoms. The van der Waals surface area contributed by atoms with Crippen molar-refractivity contribution in [3.63, 3.8) is 0 Å². The van der Waals surface area contributed by atoms with Crippen molar-refractivity contribution in [3.05, 3.63) is 53.0 Å². The SMILES string of the molecule is Cc1nc2c(c(N(CCC(N)=O)Cc3ccccc3)n1)CCCC2. The minimum absolute atomic E-state index is 0.285. The lowest BCUT2D eigenvalue weighted by molar-refractivity contribution is -0.117. The van der Waals surface area contributed by atoms with Crippen LogP contribution in [-0.4, -0.2) is 22.4 Å². The van der Waals surface area contributed by atoms with Gasteiger partial charge in [-0.25, -0.2) is 9.97 Å². The number of fused-ring (bicyclic) bond motifs is 1. The molecular formula is C19H24N4O. The van der Waals surface area contributed by atoms with Crippen molar-refractivity contribution in [3.8, 4) is 0 Å². The first-order valence-electron chi connectivity index (χ1n) is 8.57. The molecule has 2 aromatic rings. The first-order chi connectivity index (χ1) is 11.6. The van der Waals surface area contributed by atoms with Crippen LogP contribution in [0.15, 0.2) is 30.3 Å². The molecule has 3 rings (SSSR count). The summed E-state index contributed by atoms with van der Waals surface area (Å²) in [5, 5.41) is 0. The van der Waals surface area contributed by atoms with Crippen LogP contribution in [0.2, 0.25) is 0 Å². The summed E-state index contributed by atoms with van der Waals surface area (Å²) in [6, 6.07) is 10.3. The summed E-state index contributed by atoms with van der Waals surface area (Å²) in [4.78, 5) is 22.8. The second-order valence-corrected chi connectivity index (χ2v) is 6.35. The van der Waals surface area contributed by atoms with Crippen LogP contribution in [0.5, 0.6) is 0 Å². The van der Waals surface area contributed by atoms with E-state index in [4.69, 9.17) is 10.7 Å². The van der Waals surface area contributed by atoms with Gasteiger partial charge in [0.05, 0.1) is 0 Å². The molecule has 0 aliphatic heterocycles. The molecule has 5 heteroatoms. The third-order valence-electron chi connectivity index (χ3n) is 4.42. The Morgan fingerprint density at radius 2 is 1.92 bits per heavy atom. The number of nitrogens with two attached hydrogens (primary N) is 1. The summed E-state index contributed by atoms with van der Waals surface area (Å²) in [5.41, 5.74) is 8.99. The Bertz CT molecular complexity index is 715. The fourth-order valence-electron chi connectivity index (χ4n) is 3.27. The molecular weight excluding hydrogens is 300 g/mol. The molecule has 126 valence electrons. The number of primary amides is 1. The van der Waals surface area contributed by atoms with Crippen LogP contribution in [0.1, 0.15) is 41.9 Å². The van der Waals surface area contributed by atoms with E-state index in [9.17, 15) is 4.79 Å². The van der Waals surface area contributed by atoms with Gasteiger partial charge >= 0.3 is 0 Å². The van der Waals surface area contributed by atoms with Gasteiger partial charge in [0, 0.05) is 30.8 Å². The van der Waals surface area contributed by atoms with Crippen LogP contribution in [0, 0.1) is 6.92 Å². The molecule has 0 fully saturated rings. The first-order valence-corrected chi connectivity index (χ1v) is 8.57. The van der Waals surface area contributed by atoms with E-state index < -0.39 is 0 Å². The van der Waals surface area contributed by atoms with Crippen molar-refractivity contribution >= 4 is 11.7 Å². The Labute approximate surface area is 142 Å². The predicted molar refractivity (Wildman–Crippen MR) is 94.7 cm³/mol. The van der Waals surface area contributed by atoms with Crippen LogP contribution in [0.4, 0.5) is 5.82 Å². The van der Waals surface area contributed by atoms with Gasteiger partial charge < -0.3 is 10.6 Å². The minimum atomic E-state index is -0.285. The summed E-state index contributed by atoms with van der Waals surface area (Å²) in [6.07, 6.45) is 4.70. The number of rotatable bonds is 6. The molecule has 1 heterocycles. The second-order valence-electron chi connectivity index (χ2n) is 6.35. The highest BCUT2D eigenvalue weighted by molar-refractivity contribution is 5.74. The average molecular weight is 324 g/mol. The van der Waals surface area contributed by atoms with Crippen LogP contribution >= 0.6 is 0 Å². The van der Waals surface area contributed by atoms with E-state index in [1.165, 1.54) is 29.7 Å². The van der Waals surface area contributed by atoms with Gasteiger partial charge in [0.1, 0.15) is 11.6 Å². The normalized spacial score (nSPS) is 13.4. The summed E-state index contributed by atoms with van der Waals surface area (Å²) >= 11 is 0. The largest absolute Gasteiger partial charge is 0.370 e. The highest BCUT2D eigenvalue weighted by Crippen LogP contribution is 2.29. The third-order valence-corrected chi connectivity index (χ3v) is 4.42. The van der Waals surface area contributed by atoms with E-state index in [-0.39, 0.29) is 5.91 Å². The first kappa shape index (κ1) is 16.4. The maximum Gasteiger partial charge on any atom is 0.219 e. The number of nitrogens with zero attached hydrogens (tertiary/aromatic N) is 3. The van der Waals surface area contributed by atoms with E-state index in [0.717, 1.165) is 31.0 Å². The Hall–Kier alpha value is -2.43. The molecule has 1 amide bonds. The zero-order chi connectivity index (χ0) is 16.9. The molecule has 0 bridgehead atoms. The van der Waals surface area contributed by atoms with E-state index in [0.29, 0.717) is 13.0 Å². The molecule has 1 aromatic heterocycles. The number of aromatic nitrogens is 2. The highest BCUT2D eigenvalue weighted by Gasteiger charge is 2.21. The number of carbonyl (C=O) groups excluding carboxylic acids is 1. The number of hydrogen-bond acceptors (Lipinski definition) is 4. The summed E-state index contributed by atoms with van der Waals surface area (Å²) in [5.74, 6) is 1.48. The number of hydrogen-bond donors (Lipinski definition) is 1. The topological polar surface area (TPSA) is 72.1 Å². The molecule has 1 aromatic carbocycles. The van der Waals surface area contributed by atoms with Crippen LogP contribution < -0.4 is 10.6 Å². The van der Waals surface area contributed by atoms with Crippen molar-refractivity contribution in [1.29, 1.82) is 0 Å². The van der Waals surface area contributed by atoms with Gasteiger partial charge in [-0.3, -0.25) is 4.79 Å². The predicted octanol–water partition coefficient (Wildman–Crippen LogP) is 2.55. The Morgan fingerprint density at radius 1 is 1.17 bits per heavy atom. The van der Waals surface area contributed by atoms with E-state index >= 15 is 0 Å². The molecule has 0 saturated heterocycles. The number of amides is 1. The fourth-order valence-corrected chi connectivity index (χ4v) is 3.27. The van der Waals surface area contributed by atoms with E-state index in [1.54, 1.807) is 0 Å².